The van der Waals surface area contributed by atoms with Crippen LogP contribution in [-0.2, 0) is 6.42 Å². The lowest BCUT2D eigenvalue weighted by Gasteiger charge is -2.33. The van der Waals surface area contributed by atoms with Crippen molar-refractivity contribution < 1.29 is 9.21 Å². The van der Waals surface area contributed by atoms with E-state index >= 15 is 0 Å². The van der Waals surface area contributed by atoms with Crippen LogP contribution in [0.3, 0.4) is 0 Å². The third kappa shape index (κ3) is 4.01. The molecular weight excluding hydrogens is 364 g/mol. The normalized spacial score (nSPS) is 17.1. The summed E-state index contributed by atoms with van der Waals surface area (Å²) in [5, 5.41) is 8.46. The molecule has 3 aromatic rings. The molecule has 1 fully saturated rings. The summed E-state index contributed by atoms with van der Waals surface area (Å²) in [6, 6.07) is 10.9. The summed E-state index contributed by atoms with van der Waals surface area (Å²) in [6.45, 7) is 0.662. The quantitative estimate of drug-likeness (QED) is 0.679. The van der Waals surface area contributed by atoms with Crippen molar-refractivity contribution in [3.63, 3.8) is 0 Å². The molecule has 1 aliphatic heterocycles. The highest BCUT2D eigenvalue weighted by molar-refractivity contribution is 6.30. The highest BCUT2D eigenvalue weighted by Gasteiger charge is 2.32. The predicted octanol–water partition coefficient (Wildman–Crippen LogP) is 4.08. The van der Waals surface area contributed by atoms with Crippen molar-refractivity contribution in [3.8, 4) is 0 Å². The maximum Gasteiger partial charge on any atom is 0.275 e. The molecule has 1 saturated heterocycles. The van der Waals surface area contributed by atoms with Crippen molar-refractivity contribution in [2.75, 3.05) is 6.54 Å². The number of hydrogen-bond acceptors (Lipinski definition) is 5. The van der Waals surface area contributed by atoms with Gasteiger partial charge < -0.3 is 9.32 Å². The molecule has 2 aromatic heterocycles. The average Bonchev–Trinajstić information content (AvgIpc) is 3.18. The number of aromatic nitrogens is 3. The molecular formula is C20H19ClN4O2. The van der Waals surface area contributed by atoms with Crippen LogP contribution in [0.4, 0.5) is 0 Å². The molecule has 1 unspecified atom stereocenters. The number of piperidine rings is 1. The molecule has 3 heterocycles. The van der Waals surface area contributed by atoms with E-state index in [1.807, 2.05) is 24.3 Å². The molecule has 0 aliphatic carbocycles. The SMILES string of the molecule is O=C(c1cccnn1)N1CCCCC1c1ncc(Cc2ccc(Cl)cc2)o1. The van der Waals surface area contributed by atoms with Crippen LogP contribution in [0.25, 0.3) is 0 Å². The van der Waals surface area contributed by atoms with E-state index in [2.05, 4.69) is 15.2 Å². The van der Waals surface area contributed by atoms with E-state index in [-0.39, 0.29) is 11.9 Å². The van der Waals surface area contributed by atoms with Crippen molar-refractivity contribution in [1.29, 1.82) is 0 Å². The Morgan fingerprint density at radius 3 is 2.85 bits per heavy atom. The van der Waals surface area contributed by atoms with Crippen LogP contribution in [-0.4, -0.2) is 32.5 Å². The van der Waals surface area contributed by atoms with Crippen molar-refractivity contribution >= 4 is 17.5 Å². The molecule has 138 valence electrons. The lowest BCUT2D eigenvalue weighted by Crippen LogP contribution is -2.39. The monoisotopic (exact) mass is 382 g/mol. The predicted molar refractivity (Wildman–Crippen MR) is 100 cm³/mol. The topological polar surface area (TPSA) is 72.1 Å². The van der Waals surface area contributed by atoms with Gasteiger partial charge in [0.25, 0.3) is 5.91 Å². The molecule has 0 spiro atoms. The van der Waals surface area contributed by atoms with E-state index in [0.29, 0.717) is 29.6 Å². The van der Waals surface area contributed by atoms with Gasteiger partial charge in [-0.05, 0) is 49.1 Å². The van der Waals surface area contributed by atoms with Crippen molar-refractivity contribution in [3.05, 3.63) is 76.7 Å². The molecule has 1 aliphatic rings. The fourth-order valence-corrected chi connectivity index (χ4v) is 3.48. The minimum Gasteiger partial charge on any atom is -0.443 e. The van der Waals surface area contributed by atoms with Gasteiger partial charge in [0.05, 0.1) is 6.20 Å². The summed E-state index contributed by atoms with van der Waals surface area (Å²) in [4.78, 5) is 19.1. The summed E-state index contributed by atoms with van der Waals surface area (Å²) in [5.74, 6) is 1.21. The highest BCUT2D eigenvalue weighted by atomic mass is 35.5. The number of benzene rings is 1. The zero-order valence-electron chi connectivity index (χ0n) is 14.7. The molecule has 1 aromatic carbocycles. The Balaban J connectivity index is 1.53. The molecule has 1 amide bonds. The summed E-state index contributed by atoms with van der Waals surface area (Å²) >= 11 is 5.93. The number of carbonyl (C=O) groups excluding carboxylic acids is 1. The minimum atomic E-state index is -0.174. The van der Waals surface area contributed by atoms with Gasteiger partial charge in [-0.25, -0.2) is 4.98 Å². The van der Waals surface area contributed by atoms with E-state index in [1.165, 1.54) is 0 Å². The van der Waals surface area contributed by atoms with Crippen LogP contribution >= 0.6 is 11.6 Å². The number of hydrogen-bond donors (Lipinski definition) is 0. The van der Waals surface area contributed by atoms with Crippen LogP contribution in [0.2, 0.25) is 5.02 Å². The Morgan fingerprint density at radius 1 is 1.22 bits per heavy atom. The third-order valence-corrected chi connectivity index (χ3v) is 4.96. The summed E-state index contributed by atoms with van der Waals surface area (Å²) < 4.78 is 6.00. The smallest absolute Gasteiger partial charge is 0.275 e. The van der Waals surface area contributed by atoms with Crippen molar-refractivity contribution in [1.82, 2.24) is 20.1 Å². The van der Waals surface area contributed by atoms with Gasteiger partial charge >= 0.3 is 0 Å². The molecule has 6 nitrogen and oxygen atoms in total. The Hall–Kier alpha value is -2.73. The molecule has 0 saturated carbocycles. The number of halogens is 1. The van der Waals surface area contributed by atoms with Crippen molar-refractivity contribution in [2.45, 2.75) is 31.7 Å². The largest absolute Gasteiger partial charge is 0.443 e. The van der Waals surface area contributed by atoms with E-state index in [1.54, 1.807) is 29.4 Å². The number of nitrogens with zero attached hydrogens (tertiary/aromatic N) is 4. The third-order valence-electron chi connectivity index (χ3n) is 4.70. The average molecular weight is 383 g/mol. The van der Waals surface area contributed by atoms with Crippen LogP contribution in [0.1, 0.15) is 53.0 Å². The van der Waals surface area contributed by atoms with E-state index in [0.717, 1.165) is 30.6 Å². The van der Waals surface area contributed by atoms with E-state index in [9.17, 15) is 4.79 Å². The van der Waals surface area contributed by atoms with E-state index < -0.39 is 0 Å². The van der Waals surface area contributed by atoms with Crippen LogP contribution in [0.5, 0.6) is 0 Å². The first-order chi connectivity index (χ1) is 13.2. The van der Waals surface area contributed by atoms with Gasteiger partial charge in [0.1, 0.15) is 11.8 Å². The summed E-state index contributed by atoms with van der Waals surface area (Å²) in [6.07, 6.45) is 6.75. The Labute approximate surface area is 162 Å². The van der Waals surface area contributed by atoms with E-state index in [4.69, 9.17) is 16.0 Å². The first-order valence-electron chi connectivity index (χ1n) is 8.98. The number of carbonyl (C=O) groups is 1. The highest BCUT2D eigenvalue weighted by Crippen LogP contribution is 2.32. The summed E-state index contributed by atoms with van der Waals surface area (Å²) in [7, 11) is 0. The Morgan fingerprint density at radius 2 is 2.07 bits per heavy atom. The second-order valence-electron chi connectivity index (χ2n) is 6.59. The van der Waals surface area contributed by atoms with Gasteiger partial charge in [0.15, 0.2) is 5.69 Å². The lowest BCUT2D eigenvalue weighted by molar-refractivity contribution is 0.0562. The molecule has 0 bridgehead atoms. The first kappa shape index (κ1) is 17.7. The first-order valence-corrected chi connectivity index (χ1v) is 9.36. The van der Waals surface area contributed by atoms with Crippen LogP contribution in [0, 0.1) is 0 Å². The molecule has 1 atom stereocenters. The molecule has 7 heteroatoms. The summed E-state index contributed by atoms with van der Waals surface area (Å²) in [5.41, 5.74) is 1.44. The standard InChI is InChI=1S/C20H19ClN4O2/c21-15-8-6-14(7-9-15)12-16-13-22-19(27-16)18-5-1-2-11-25(18)20(26)17-4-3-10-23-24-17/h3-4,6-10,13,18H,1-2,5,11-12H2. The zero-order chi connectivity index (χ0) is 18.6. The molecule has 0 radical (unpaired) electrons. The Kier molecular flexibility index (Phi) is 5.16. The lowest BCUT2D eigenvalue weighted by atomic mass is 10.0. The van der Waals surface area contributed by atoms with Gasteiger partial charge in [-0.2, -0.15) is 5.10 Å². The maximum absolute atomic E-state index is 12.9. The van der Waals surface area contributed by atoms with Gasteiger partial charge in [0.2, 0.25) is 5.89 Å². The minimum absolute atomic E-state index is 0.134. The zero-order valence-corrected chi connectivity index (χ0v) is 15.5. The fourth-order valence-electron chi connectivity index (χ4n) is 3.36. The number of rotatable bonds is 4. The van der Waals surface area contributed by atoms with Crippen LogP contribution in [0.15, 0.2) is 53.2 Å². The van der Waals surface area contributed by atoms with Crippen molar-refractivity contribution in [2.24, 2.45) is 0 Å². The van der Waals surface area contributed by atoms with Gasteiger partial charge in [0, 0.05) is 24.2 Å². The second-order valence-corrected chi connectivity index (χ2v) is 7.02. The number of amides is 1. The fraction of sp³-hybridized carbons (Fsp3) is 0.300. The van der Waals surface area contributed by atoms with Gasteiger partial charge in [-0.3, -0.25) is 4.79 Å². The Bertz CT molecular complexity index is 911. The molecule has 0 N–H and O–H groups in total. The molecule has 27 heavy (non-hydrogen) atoms. The van der Waals surface area contributed by atoms with Crippen LogP contribution < -0.4 is 0 Å². The van der Waals surface area contributed by atoms with Gasteiger partial charge in [-0.15, -0.1) is 5.10 Å². The molecule has 4 rings (SSSR count). The maximum atomic E-state index is 12.9. The number of likely N-dealkylation sites (tertiary alicyclic amines) is 1. The second kappa shape index (κ2) is 7.88. The van der Waals surface area contributed by atoms with Gasteiger partial charge in [-0.1, -0.05) is 23.7 Å². The number of oxazole rings is 1.